The number of benzene rings is 1. The highest BCUT2D eigenvalue weighted by Gasteiger charge is 2.17. The smallest absolute Gasteiger partial charge is 0.336 e. The second kappa shape index (κ2) is 6.79. The first-order valence-electron chi connectivity index (χ1n) is 8.39. The van der Waals surface area contributed by atoms with Gasteiger partial charge in [-0.1, -0.05) is 0 Å². The van der Waals surface area contributed by atoms with Crippen molar-refractivity contribution >= 4 is 21.9 Å². The van der Waals surface area contributed by atoms with Crippen molar-refractivity contribution in [1.29, 1.82) is 0 Å². The van der Waals surface area contributed by atoms with Gasteiger partial charge in [0.05, 0.1) is 6.54 Å². The van der Waals surface area contributed by atoms with E-state index in [1.54, 1.807) is 0 Å². The summed E-state index contributed by atoms with van der Waals surface area (Å²) >= 11 is 0. The molecule has 0 amide bonds. The second-order valence-corrected chi connectivity index (χ2v) is 6.33. The summed E-state index contributed by atoms with van der Waals surface area (Å²) in [5.41, 5.74) is 9.53. The van der Waals surface area contributed by atoms with Gasteiger partial charge < -0.3 is 19.9 Å². The van der Waals surface area contributed by atoms with E-state index in [1.807, 2.05) is 13.8 Å². The van der Waals surface area contributed by atoms with Crippen LogP contribution in [0, 0.1) is 20.8 Å². The van der Waals surface area contributed by atoms with E-state index in [9.17, 15) is 4.79 Å². The van der Waals surface area contributed by atoms with Gasteiger partial charge in [-0.05, 0) is 63.9 Å². The van der Waals surface area contributed by atoms with Crippen molar-refractivity contribution in [3.63, 3.8) is 0 Å². The van der Waals surface area contributed by atoms with Gasteiger partial charge in [-0.3, -0.25) is 0 Å². The van der Waals surface area contributed by atoms with Crippen molar-refractivity contribution in [1.82, 2.24) is 5.32 Å². The molecule has 0 radical (unpaired) electrons. The number of fused-ring (bicyclic) bond motifs is 2. The summed E-state index contributed by atoms with van der Waals surface area (Å²) in [5, 5.41) is 5.44. The fraction of sp³-hybridized carbons (Fsp3) is 0.421. The predicted octanol–water partition coefficient (Wildman–Crippen LogP) is 3.29. The van der Waals surface area contributed by atoms with Crippen LogP contribution >= 0.6 is 0 Å². The fourth-order valence-electron chi connectivity index (χ4n) is 3.12. The Morgan fingerprint density at radius 2 is 1.75 bits per heavy atom. The lowest BCUT2D eigenvalue weighted by Gasteiger charge is -2.04. The SMILES string of the molecule is Cc1cc(=O)oc2c(C)c3oc(CNCCCCN)c(C)c3cc12. The van der Waals surface area contributed by atoms with Gasteiger partial charge in [0, 0.05) is 22.4 Å². The monoisotopic (exact) mass is 328 g/mol. The van der Waals surface area contributed by atoms with Crippen LogP contribution < -0.4 is 16.7 Å². The van der Waals surface area contributed by atoms with Crippen molar-refractivity contribution < 1.29 is 8.83 Å². The molecule has 0 atom stereocenters. The molecule has 3 N–H and O–H groups in total. The molecule has 3 aromatic rings. The van der Waals surface area contributed by atoms with Crippen molar-refractivity contribution in [2.75, 3.05) is 13.1 Å². The maximum Gasteiger partial charge on any atom is 0.336 e. The average molecular weight is 328 g/mol. The van der Waals surface area contributed by atoms with Gasteiger partial charge in [0.25, 0.3) is 0 Å². The number of hydrogen-bond donors (Lipinski definition) is 2. The summed E-state index contributed by atoms with van der Waals surface area (Å²) in [5.74, 6) is 0.927. The molecule has 24 heavy (non-hydrogen) atoms. The van der Waals surface area contributed by atoms with Gasteiger partial charge in [0.2, 0.25) is 0 Å². The molecule has 5 heteroatoms. The van der Waals surface area contributed by atoms with Crippen LogP contribution in [-0.2, 0) is 6.54 Å². The summed E-state index contributed by atoms with van der Waals surface area (Å²) in [4.78, 5) is 11.7. The molecule has 2 heterocycles. The van der Waals surface area contributed by atoms with Crippen LogP contribution in [0.1, 0.15) is 35.3 Å². The maximum absolute atomic E-state index is 11.7. The molecule has 0 aliphatic carbocycles. The number of aryl methyl sites for hydroxylation is 3. The Bertz CT molecular complexity index is 937. The molecule has 0 aliphatic heterocycles. The minimum atomic E-state index is -0.326. The molecule has 0 bridgehead atoms. The Kier molecular flexibility index (Phi) is 4.73. The lowest BCUT2D eigenvalue weighted by Crippen LogP contribution is -2.15. The topological polar surface area (TPSA) is 81.4 Å². The van der Waals surface area contributed by atoms with Crippen molar-refractivity contribution in [2.45, 2.75) is 40.2 Å². The van der Waals surface area contributed by atoms with Crippen LogP contribution in [0.15, 0.2) is 25.8 Å². The van der Waals surface area contributed by atoms with Gasteiger partial charge in [0.1, 0.15) is 16.9 Å². The lowest BCUT2D eigenvalue weighted by atomic mass is 10.0. The third-order valence-electron chi connectivity index (χ3n) is 4.56. The number of nitrogens with one attached hydrogen (secondary N) is 1. The van der Waals surface area contributed by atoms with E-state index in [4.69, 9.17) is 14.6 Å². The second-order valence-electron chi connectivity index (χ2n) is 6.33. The molecule has 0 spiro atoms. The van der Waals surface area contributed by atoms with Crippen molar-refractivity contribution in [3.05, 3.63) is 45.0 Å². The first kappa shape index (κ1) is 16.7. The Hall–Kier alpha value is -2.11. The summed E-state index contributed by atoms with van der Waals surface area (Å²) < 4.78 is 11.5. The van der Waals surface area contributed by atoms with E-state index in [0.717, 1.165) is 64.7 Å². The molecular weight excluding hydrogens is 304 g/mol. The Morgan fingerprint density at radius 3 is 2.50 bits per heavy atom. The van der Waals surface area contributed by atoms with Crippen molar-refractivity contribution in [3.8, 4) is 0 Å². The minimum Gasteiger partial charge on any atom is -0.459 e. The molecule has 1 aromatic carbocycles. The van der Waals surface area contributed by atoms with E-state index < -0.39 is 0 Å². The van der Waals surface area contributed by atoms with Gasteiger partial charge >= 0.3 is 5.63 Å². The number of hydrogen-bond acceptors (Lipinski definition) is 5. The Balaban J connectivity index is 2.01. The quantitative estimate of drug-likeness (QED) is 0.536. The maximum atomic E-state index is 11.7. The zero-order valence-corrected chi connectivity index (χ0v) is 14.5. The number of unbranched alkanes of at least 4 members (excludes halogenated alkanes) is 1. The normalized spacial score (nSPS) is 11.7. The summed E-state index contributed by atoms with van der Waals surface area (Å²) in [6.07, 6.45) is 2.08. The Labute approximate surface area is 140 Å². The molecule has 0 aliphatic rings. The van der Waals surface area contributed by atoms with Gasteiger partial charge in [-0.2, -0.15) is 0 Å². The molecule has 128 valence electrons. The fourth-order valence-corrected chi connectivity index (χ4v) is 3.12. The van der Waals surface area contributed by atoms with Gasteiger partial charge in [0.15, 0.2) is 0 Å². The number of furan rings is 1. The number of rotatable bonds is 6. The standard InChI is InChI=1S/C19H24N2O3/c1-11-8-17(22)24-18-13(3)19-15(9-14(11)18)12(2)16(23-19)10-21-7-5-4-6-20/h8-9,21H,4-7,10,20H2,1-3H3. The number of nitrogens with two attached hydrogens (primary N) is 1. The van der Waals surface area contributed by atoms with Crippen LogP contribution in [0.2, 0.25) is 0 Å². The van der Waals surface area contributed by atoms with Crippen LogP contribution in [0.3, 0.4) is 0 Å². The Morgan fingerprint density at radius 1 is 1.00 bits per heavy atom. The van der Waals surface area contributed by atoms with E-state index in [0.29, 0.717) is 12.1 Å². The van der Waals surface area contributed by atoms with E-state index in [2.05, 4.69) is 18.3 Å². The van der Waals surface area contributed by atoms with Crippen molar-refractivity contribution in [2.24, 2.45) is 5.73 Å². The van der Waals surface area contributed by atoms with Crippen LogP contribution in [-0.4, -0.2) is 13.1 Å². The highest BCUT2D eigenvalue weighted by atomic mass is 16.4. The molecule has 5 nitrogen and oxygen atoms in total. The summed E-state index contributed by atoms with van der Waals surface area (Å²) in [7, 11) is 0. The van der Waals surface area contributed by atoms with Crippen LogP contribution in [0.5, 0.6) is 0 Å². The molecule has 0 unspecified atom stereocenters. The third kappa shape index (κ3) is 2.97. The highest BCUT2D eigenvalue weighted by molar-refractivity contribution is 5.99. The van der Waals surface area contributed by atoms with Gasteiger partial charge in [-0.25, -0.2) is 4.79 Å². The van der Waals surface area contributed by atoms with Crippen LogP contribution in [0.25, 0.3) is 21.9 Å². The summed E-state index contributed by atoms with van der Waals surface area (Å²) in [6.45, 7) is 8.27. The first-order chi connectivity index (χ1) is 11.5. The van der Waals surface area contributed by atoms with E-state index in [1.165, 1.54) is 6.07 Å². The third-order valence-corrected chi connectivity index (χ3v) is 4.56. The summed E-state index contributed by atoms with van der Waals surface area (Å²) in [6, 6.07) is 3.59. The molecular formula is C19H24N2O3. The minimum absolute atomic E-state index is 0.326. The zero-order valence-electron chi connectivity index (χ0n) is 14.5. The molecule has 0 fully saturated rings. The molecule has 0 saturated carbocycles. The van der Waals surface area contributed by atoms with Gasteiger partial charge in [-0.15, -0.1) is 0 Å². The predicted molar refractivity (Wildman–Crippen MR) is 96.5 cm³/mol. The van der Waals surface area contributed by atoms with Crippen LogP contribution in [0.4, 0.5) is 0 Å². The lowest BCUT2D eigenvalue weighted by molar-refractivity contribution is 0.502. The largest absolute Gasteiger partial charge is 0.459 e. The molecule has 3 rings (SSSR count). The van der Waals surface area contributed by atoms with E-state index >= 15 is 0 Å². The highest BCUT2D eigenvalue weighted by Crippen LogP contribution is 2.33. The first-order valence-corrected chi connectivity index (χ1v) is 8.39. The zero-order chi connectivity index (χ0) is 17.3. The molecule has 0 saturated heterocycles. The average Bonchev–Trinajstić information content (AvgIpc) is 2.86. The van der Waals surface area contributed by atoms with E-state index in [-0.39, 0.29) is 5.63 Å². The molecule has 2 aromatic heterocycles.